The number of benzene rings is 2. The minimum Gasteiger partial charge on any atom is -0.356 e. The fourth-order valence-electron chi connectivity index (χ4n) is 2.98. The molecule has 0 aliphatic rings. The molecule has 1 amide bonds. The van der Waals surface area contributed by atoms with Gasteiger partial charge >= 0.3 is 0 Å². The molecule has 2 heterocycles. The Morgan fingerprint density at radius 2 is 1.93 bits per heavy atom. The third-order valence-electron chi connectivity index (χ3n) is 4.35. The number of imidazole rings is 1. The molecule has 2 aromatic heterocycles. The molecule has 2 N–H and O–H groups in total. The highest BCUT2D eigenvalue weighted by Crippen LogP contribution is 2.30. The second-order valence-electron chi connectivity index (χ2n) is 6.45. The molecule has 0 spiro atoms. The first-order valence-electron chi connectivity index (χ1n) is 9.08. The summed E-state index contributed by atoms with van der Waals surface area (Å²) in [4.78, 5) is 24.6. The van der Waals surface area contributed by atoms with Crippen molar-refractivity contribution in [3.05, 3.63) is 70.5 Å². The molecule has 28 heavy (non-hydrogen) atoms. The molecule has 0 aliphatic heterocycles. The summed E-state index contributed by atoms with van der Waals surface area (Å²) in [5.41, 5.74) is 3.67. The Bertz CT molecular complexity index is 1070. The quantitative estimate of drug-likeness (QED) is 0.436. The number of nitrogens with one attached hydrogen (secondary N) is 2. The van der Waals surface area contributed by atoms with E-state index < -0.39 is 0 Å². The van der Waals surface area contributed by atoms with Gasteiger partial charge in [-0.3, -0.25) is 4.79 Å². The number of carbonyl (C=O) groups excluding carboxylic acids is 1. The molecule has 0 radical (unpaired) electrons. The second kappa shape index (κ2) is 8.54. The molecule has 4 rings (SSSR count). The third-order valence-corrected chi connectivity index (χ3v) is 5.60. The van der Waals surface area contributed by atoms with E-state index in [4.69, 9.17) is 11.6 Å². The average Bonchev–Trinajstić information content (AvgIpc) is 3.32. The van der Waals surface area contributed by atoms with E-state index >= 15 is 0 Å². The first-order chi connectivity index (χ1) is 13.7. The first kappa shape index (κ1) is 18.7. The van der Waals surface area contributed by atoms with Gasteiger partial charge in [-0.1, -0.05) is 41.9 Å². The number of nitrogens with zero attached hydrogens (tertiary/aromatic N) is 2. The van der Waals surface area contributed by atoms with Crippen LogP contribution in [0.1, 0.15) is 17.9 Å². The molecule has 0 atom stereocenters. The number of hydrogen-bond acceptors (Lipinski definition) is 4. The minimum absolute atomic E-state index is 0.0272. The zero-order valence-electron chi connectivity index (χ0n) is 15.1. The van der Waals surface area contributed by atoms with Gasteiger partial charge in [-0.2, -0.15) is 0 Å². The summed E-state index contributed by atoms with van der Waals surface area (Å²) in [6, 6.07) is 15.6. The van der Waals surface area contributed by atoms with E-state index in [1.165, 1.54) is 11.3 Å². The van der Waals surface area contributed by atoms with Crippen LogP contribution < -0.4 is 5.32 Å². The maximum atomic E-state index is 12.2. The van der Waals surface area contributed by atoms with Gasteiger partial charge < -0.3 is 10.3 Å². The third kappa shape index (κ3) is 4.40. The number of H-pyrrole nitrogens is 1. The first-order valence-corrected chi connectivity index (χ1v) is 10.3. The van der Waals surface area contributed by atoms with Crippen LogP contribution >= 0.6 is 22.9 Å². The number of hydrogen-bond donors (Lipinski definition) is 2. The molecule has 2 aromatic carbocycles. The van der Waals surface area contributed by atoms with Crippen molar-refractivity contribution in [2.75, 3.05) is 6.54 Å². The number of halogens is 1. The molecule has 0 saturated heterocycles. The Kier molecular flexibility index (Phi) is 5.69. The second-order valence-corrected chi connectivity index (χ2v) is 7.72. The average molecular weight is 411 g/mol. The highest BCUT2D eigenvalue weighted by atomic mass is 35.5. The zero-order valence-corrected chi connectivity index (χ0v) is 16.7. The standard InChI is InChI=1S/C21H19ClN4OS/c22-16-7-2-1-6-15(16)21-24-14(13-28-21)12-20(27)23-11-5-10-19-25-17-8-3-4-9-18(17)26-19/h1-4,6-9,13H,5,10-12H2,(H,23,27)(H,25,26). The van der Waals surface area contributed by atoms with Crippen LogP contribution in [0, 0.1) is 0 Å². The minimum atomic E-state index is -0.0272. The lowest BCUT2D eigenvalue weighted by molar-refractivity contribution is -0.120. The normalized spacial score (nSPS) is 11.0. The lowest BCUT2D eigenvalue weighted by Crippen LogP contribution is -2.26. The van der Waals surface area contributed by atoms with Gasteiger partial charge in [0.15, 0.2) is 0 Å². The largest absolute Gasteiger partial charge is 0.356 e. The molecular formula is C21H19ClN4OS. The van der Waals surface area contributed by atoms with Crippen molar-refractivity contribution in [3.8, 4) is 10.6 Å². The number of rotatable bonds is 7. The molecule has 0 saturated carbocycles. The Hall–Kier alpha value is -2.70. The van der Waals surface area contributed by atoms with Gasteiger partial charge in [0.05, 0.1) is 28.2 Å². The highest BCUT2D eigenvalue weighted by molar-refractivity contribution is 7.13. The number of aryl methyl sites for hydroxylation is 1. The van der Waals surface area contributed by atoms with Crippen molar-refractivity contribution in [1.82, 2.24) is 20.3 Å². The summed E-state index contributed by atoms with van der Waals surface area (Å²) < 4.78 is 0. The van der Waals surface area contributed by atoms with Crippen LogP contribution in [-0.2, 0) is 17.6 Å². The van der Waals surface area contributed by atoms with E-state index in [1.807, 2.05) is 53.9 Å². The van der Waals surface area contributed by atoms with E-state index in [-0.39, 0.29) is 12.3 Å². The molecule has 0 aliphatic carbocycles. The van der Waals surface area contributed by atoms with Crippen LogP contribution in [-0.4, -0.2) is 27.4 Å². The van der Waals surface area contributed by atoms with Gasteiger partial charge in [0, 0.05) is 23.9 Å². The predicted molar refractivity (Wildman–Crippen MR) is 114 cm³/mol. The highest BCUT2D eigenvalue weighted by Gasteiger charge is 2.11. The maximum Gasteiger partial charge on any atom is 0.226 e. The van der Waals surface area contributed by atoms with Crippen molar-refractivity contribution >= 4 is 39.9 Å². The van der Waals surface area contributed by atoms with Gasteiger partial charge in [-0.25, -0.2) is 9.97 Å². The lowest BCUT2D eigenvalue weighted by Gasteiger charge is -2.03. The Morgan fingerprint density at radius 3 is 2.79 bits per heavy atom. The van der Waals surface area contributed by atoms with Crippen LogP contribution in [0.3, 0.4) is 0 Å². The number of fused-ring (bicyclic) bond motifs is 1. The summed E-state index contributed by atoms with van der Waals surface area (Å²) in [5.74, 6) is 0.917. The molecule has 0 unspecified atom stereocenters. The van der Waals surface area contributed by atoms with Gasteiger partial charge in [0.2, 0.25) is 5.91 Å². The van der Waals surface area contributed by atoms with E-state index in [0.717, 1.165) is 46.0 Å². The molecule has 0 fully saturated rings. The van der Waals surface area contributed by atoms with E-state index in [1.54, 1.807) is 0 Å². The van der Waals surface area contributed by atoms with Crippen molar-refractivity contribution in [2.24, 2.45) is 0 Å². The van der Waals surface area contributed by atoms with Gasteiger partial charge in [0.1, 0.15) is 10.8 Å². The zero-order chi connectivity index (χ0) is 19.3. The van der Waals surface area contributed by atoms with Gasteiger partial charge in [-0.15, -0.1) is 11.3 Å². The van der Waals surface area contributed by atoms with Crippen LogP contribution in [0.4, 0.5) is 0 Å². The van der Waals surface area contributed by atoms with Crippen molar-refractivity contribution in [3.63, 3.8) is 0 Å². The van der Waals surface area contributed by atoms with Crippen molar-refractivity contribution < 1.29 is 4.79 Å². The Balaban J connectivity index is 1.25. The lowest BCUT2D eigenvalue weighted by atomic mass is 10.2. The van der Waals surface area contributed by atoms with Crippen LogP contribution in [0.2, 0.25) is 5.02 Å². The summed E-state index contributed by atoms with van der Waals surface area (Å²) >= 11 is 7.71. The number of para-hydroxylation sites is 2. The summed E-state index contributed by atoms with van der Waals surface area (Å²) in [7, 11) is 0. The Morgan fingerprint density at radius 1 is 1.11 bits per heavy atom. The topological polar surface area (TPSA) is 70.7 Å². The van der Waals surface area contributed by atoms with E-state index in [0.29, 0.717) is 11.6 Å². The maximum absolute atomic E-state index is 12.2. The smallest absolute Gasteiger partial charge is 0.226 e. The van der Waals surface area contributed by atoms with Gasteiger partial charge in [-0.05, 0) is 24.6 Å². The number of aromatic amines is 1. The number of aromatic nitrogens is 3. The van der Waals surface area contributed by atoms with Crippen LogP contribution in [0.15, 0.2) is 53.9 Å². The van der Waals surface area contributed by atoms with E-state index in [2.05, 4.69) is 20.3 Å². The number of carbonyl (C=O) groups is 1. The monoisotopic (exact) mass is 410 g/mol. The van der Waals surface area contributed by atoms with Crippen LogP contribution in [0.25, 0.3) is 21.6 Å². The summed E-state index contributed by atoms with van der Waals surface area (Å²) in [6.45, 7) is 0.609. The summed E-state index contributed by atoms with van der Waals surface area (Å²) in [6.07, 6.45) is 1.89. The van der Waals surface area contributed by atoms with Crippen LogP contribution in [0.5, 0.6) is 0 Å². The summed E-state index contributed by atoms with van der Waals surface area (Å²) in [5, 5.41) is 6.36. The molecule has 0 bridgehead atoms. The fraction of sp³-hybridized carbons (Fsp3) is 0.190. The SMILES string of the molecule is O=C(Cc1csc(-c2ccccc2Cl)n1)NCCCc1nc2ccccc2[nH]1. The molecule has 4 aromatic rings. The predicted octanol–water partition coefficient (Wildman–Crippen LogP) is 4.63. The Labute approximate surface area is 171 Å². The number of thiazole rings is 1. The van der Waals surface area contributed by atoms with Crippen molar-refractivity contribution in [1.29, 1.82) is 0 Å². The van der Waals surface area contributed by atoms with Gasteiger partial charge in [0.25, 0.3) is 0 Å². The molecular weight excluding hydrogens is 392 g/mol. The van der Waals surface area contributed by atoms with E-state index in [9.17, 15) is 4.79 Å². The molecule has 7 heteroatoms. The number of amides is 1. The van der Waals surface area contributed by atoms with Crippen molar-refractivity contribution in [2.45, 2.75) is 19.3 Å². The molecule has 5 nitrogen and oxygen atoms in total. The molecule has 142 valence electrons. The fourth-order valence-corrected chi connectivity index (χ4v) is 4.12.